The summed E-state index contributed by atoms with van der Waals surface area (Å²) < 4.78 is 37.1. The molecule has 0 atom stereocenters. The van der Waals surface area contributed by atoms with E-state index in [1.807, 2.05) is 24.5 Å². The number of methoxy groups -OCH3 is 1. The smallest absolute Gasteiger partial charge is 0.251 e. The summed E-state index contributed by atoms with van der Waals surface area (Å²) in [6.07, 6.45) is 3.11. The molecule has 0 aliphatic rings. The Bertz CT molecular complexity index is 1200. The fourth-order valence-corrected chi connectivity index (χ4v) is 4.81. The van der Waals surface area contributed by atoms with Gasteiger partial charge in [0.05, 0.1) is 32.1 Å². The molecule has 1 amide bonds. The lowest BCUT2D eigenvalue weighted by Gasteiger charge is -2.24. The zero-order valence-electron chi connectivity index (χ0n) is 19.4. The number of thioether (sulfide) groups is 1. The zero-order chi connectivity index (χ0) is 24.6. The number of sulfonamides is 1. The van der Waals surface area contributed by atoms with Crippen LogP contribution in [-0.4, -0.2) is 47.1 Å². The number of carbonyl (C=O) groups is 1. The maximum atomic E-state index is 12.5. The van der Waals surface area contributed by atoms with Gasteiger partial charge < -0.3 is 14.8 Å². The second kappa shape index (κ2) is 11.8. The summed E-state index contributed by atoms with van der Waals surface area (Å²) in [6.45, 7) is 0.849. The highest BCUT2D eigenvalue weighted by Gasteiger charge is 2.20. The Morgan fingerprint density at radius 2 is 1.62 bits per heavy atom. The summed E-state index contributed by atoms with van der Waals surface area (Å²) in [6, 6.07) is 21.5. The van der Waals surface area contributed by atoms with Crippen molar-refractivity contribution in [2.24, 2.45) is 0 Å². The van der Waals surface area contributed by atoms with Crippen LogP contribution in [0, 0.1) is 0 Å². The van der Waals surface area contributed by atoms with Crippen LogP contribution < -0.4 is 19.1 Å². The van der Waals surface area contributed by atoms with Gasteiger partial charge in [0.15, 0.2) is 0 Å². The van der Waals surface area contributed by atoms with Crippen molar-refractivity contribution in [3.05, 3.63) is 83.9 Å². The molecule has 9 heteroatoms. The minimum atomic E-state index is -3.50. The van der Waals surface area contributed by atoms with Gasteiger partial charge in [-0.15, -0.1) is 11.8 Å². The molecular formula is C25H28N2O5S2. The molecule has 3 aromatic rings. The molecule has 0 aliphatic heterocycles. The average molecular weight is 501 g/mol. The van der Waals surface area contributed by atoms with Crippen molar-refractivity contribution in [2.75, 3.05) is 37.1 Å². The fourth-order valence-electron chi connectivity index (χ4n) is 3.25. The molecule has 0 heterocycles. The van der Waals surface area contributed by atoms with E-state index in [-0.39, 0.29) is 12.5 Å². The first-order valence-electron chi connectivity index (χ1n) is 10.6. The number of nitrogens with one attached hydrogen (secondary N) is 1. The number of hydrogen-bond donors (Lipinski definition) is 1. The summed E-state index contributed by atoms with van der Waals surface area (Å²) >= 11 is 1.49. The molecule has 3 aromatic carbocycles. The van der Waals surface area contributed by atoms with E-state index in [1.54, 1.807) is 61.7 Å². The Balaban J connectivity index is 1.58. The first-order valence-corrected chi connectivity index (χ1v) is 13.6. The van der Waals surface area contributed by atoms with Crippen LogP contribution in [0.1, 0.15) is 15.9 Å². The van der Waals surface area contributed by atoms with Crippen LogP contribution in [0.2, 0.25) is 0 Å². The van der Waals surface area contributed by atoms with Crippen molar-refractivity contribution in [2.45, 2.75) is 11.4 Å². The molecule has 0 radical (unpaired) electrons. The highest BCUT2D eigenvalue weighted by molar-refractivity contribution is 7.99. The van der Waals surface area contributed by atoms with Gasteiger partial charge in [-0.2, -0.15) is 0 Å². The van der Waals surface area contributed by atoms with Crippen molar-refractivity contribution in [1.82, 2.24) is 5.32 Å². The summed E-state index contributed by atoms with van der Waals surface area (Å²) in [4.78, 5) is 13.3. The number of anilines is 1. The summed E-state index contributed by atoms with van der Waals surface area (Å²) in [7, 11) is -1.90. The van der Waals surface area contributed by atoms with E-state index >= 15 is 0 Å². The second-order valence-electron chi connectivity index (χ2n) is 7.42. The van der Waals surface area contributed by atoms with Crippen LogP contribution >= 0.6 is 11.8 Å². The molecule has 0 saturated heterocycles. The predicted octanol–water partition coefficient (Wildman–Crippen LogP) is 4.19. The minimum Gasteiger partial charge on any atom is -0.497 e. The molecule has 0 saturated carbocycles. The third-order valence-electron chi connectivity index (χ3n) is 5.01. The normalized spacial score (nSPS) is 11.0. The van der Waals surface area contributed by atoms with Crippen molar-refractivity contribution in [1.29, 1.82) is 0 Å². The van der Waals surface area contributed by atoms with Gasteiger partial charge >= 0.3 is 0 Å². The lowest BCUT2D eigenvalue weighted by atomic mass is 10.1. The quantitative estimate of drug-likeness (QED) is 0.314. The molecule has 3 rings (SSSR count). The standard InChI is InChI=1S/C25H28N2O5S2/c1-31-21-12-14-22(15-13-21)32-17-16-26-25(28)20-10-8-19(9-11-20)18-27(34(3,29)30)23-6-4-5-7-24(23)33-2/h4-15H,16-18H2,1-3H3,(H,26,28). The van der Waals surface area contributed by atoms with E-state index in [0.29, 0.717) is 30.2 Å². The molecule has 1 N–H and O–H groups in total. The maximum absolute atomic E-state index is 12.5. The first kappa shape index (κ1) is 25.5. The van der Waals surface area contributed by atoms with Gasteiger partial charge in [0.2, 0.25) is 10.0 Å². The lowest BCUT2D eigenvalue weighted by Crippen LogP contribution is -2.30. The minimum absolute atomic E-state index is 0.175. The Morgan fingerprint density at radius 3 is 2.24 bits per heavy atom. The molecule has 0 aliphatic carbocycles. The third kappa shape index (κ3) is 6.91. The van der Waals surface area contributed by atoms with Crippen LogP contribution in [-0.2, 0) is 16.6 Å². The van der Waals surface area contributed by atoms with Crippen molar-refractivity contribution in [3.8, 4) is 11.5 Å². The lowest BCUT2D eigenvalue weighted by molar-refractivity contribution is 0.0947. The van der Waals surface area contributed by atoms with Gasteiger partial charge in [-0.25, -0.2) is 8.42 Å². The SMILES string of the molecule is COc1ccc(OCCNC(=O)c2ccc(CN(c3ccccc3SC)S(C)(=O)=O)cc2)cc1. The number of hydrogen-bond acceptors (Lipinski definition) is 6. The van der Waals surface area contributed by atoms with E-state index in [1.165, 1.54) is 22.3 Å². The third-order valence-corrected chi connectivity index (χ3v) is 6.92. The highest BCUT2D eigenvalue weighted by atomic mass is 32.2. The van der Waals surface area contributed by atoms with Crippen molar-refractivity contribution >= 4 is 33.4 Å². The van der Waals surface area contributed by atoms with Crippen LogP contribution in [0.5, 0.6) is 11.5 Å². The molecule has 0 aromatic heterocycles. The van der Waals surface area contributed by atoms with Crippen LogP contribution in [0.3, 0.4) is 0 Å². The Labute approximate surface area is 205 Å². The fraction of sp³-hybridized carbons (Fsp3) is 0.240. The van der Waals surface area contributed by atoms with Crippen molar-refractivity contribution < 1.29 is 22.7 Å². The molecule has 0 spiro atoms. The van der Waals surface area contributed by atoms with Gasteiger partial charge in [-0.1, -0.05) is 24.3 Å². The van der Waals surface area contributed by atoms with E-state index in [2.05, 4.69) is 5.32 Å². The molecule has 180 valence electrons. The molecule has 0 unspecified atom stereocenters. The number of carbonyl (C=O) groups excluding carboxylic acids is 1. The van der Waals surface area contributed by atoms with Crippen LogP contribution in [0.4, 0.5) is 5.69 Å². The van der Waals surface area contributed by atoms with E-state index in [9.17, 15) is 13.2 Å². The van der Waals surface area contributed by atoms with Crippen molar-refractivity contribution in [3.63, 3.8) is 0 Å². The van der Waals surface area contributed by atoms with E-state index < -0.39 is 10.0 Å². The second-order valence-corrected chi connectivity index (χ2v) is 10.2. The number of para-hydroxylation sites is 1. The Kier molecular flexibility index (Phi) is 8.84. The van der Waals surface area contributed by atoms with Gasteiger partial charge in [0.25, 0.3) is 5.91 Å². The number of rotatable bonds is 11. The average Bonchev–Trinajstić information content (AvgIpc) is 2.85. The molecule has 0 fully saturated rings. The molecular weight excluding hydrogens is 472 g/mol. The Hall–Kier alpha value is -3.17. The Morgan fingerprint density at radius 1 is 0.971 bits per heavy atom. The topological polar surface area (TPSA) is 84.9 Å². The van der Waals surface area contributed by atoms with E-state index in [4.69, 9.17) is 9.47 Å². The highest BCUT2D eigenvalue weighted by Crippen LogP contribution is 2.31. The van der Waals surface area contributed by atoms with Gasteiger partial charge in [-0.3, -0.25) is 9.10 Å². The number of nitrogens with zero attached hydrogens (tertiary/aromatic N) is 1. The number of ether oxygens (including phenoxy) is 2. The summed E-state index contributed by atoms with van der Waals surface area (Å²) in [5.41, 5.74) is 1.90. The van der Waals surface area contributed by atoms with Crippen LogP contribution in [0.15, 0.2) is 77.7 Å². The maximum Gasteiger partial charge on any atom is 0.251 e. The van der Waals surface area contributed by atoms with E-state index in [0.717, 1.165) is 16.2 Å². The molecule has 34 heavy (non-hydrogen) atoms. The number of benzene rings is 3. The summed E-state index contributed by atoms with van der Waals surface area (Å²) in [5.74, 6) is 1.22. The van der Waals surface area contributed by atoms with Gasteiger partial charge in [-0.05, 0) is 60.4 Å². The van der Waals surface area contributed by atoms with Crippen LogP contribution in [0.25, 0.3) is 0 Å². The van der Waals surface area contributed by atoms with Gasteiger partial charge in [0.1, 0.15) is 18.1 Å². The monoisotopic (exact) mass is 500 g/mol. The number of amides is 1. The first-order chi connectivity index (χ1) is 16.3. The largest absolute Gasteiger partial charge is 0.497 e. The molecule has 7 nitrogen and oxygen atoms in total. The summed E-state index contributed by atoms with van der Waals surface area (Å²) in [5, 5.41) is 2.82. The zero-order valence-corrected chi connectivity index (χ0v) is 21.0. The molecule has 0 bridgehead atoms. The predicted molar refractivity (Wildman–Crippen MR) is 137 cm³/mol. The van der Waals surface area contributed by atoms with Gasteiger partial charge in [0, 0.05) is 10.5 Å².